The van der Waals surface area contributed by atoms with Crippen LogP contribution in [0.1, 0.15) is 17.4 Å². The largest absolute Gasteiger partial charge is 0.455 e. The lowest BCUT2D eigenvalue weighted by molar-refractivity contribution is -0.0258. The van der Waals surface area contributed by atoms with Crippen molar-refractivity contribution in [2.45, 2.75) is 13.2 Å². The first-order chi connectivity index (χ1) is 7.11. The summed E-state index contributed by atoms with van der Waals surface area (Å²) < 4.78 is 25.0. The second-order valence-corrected chi connectivity index (χ2v) is 4.72. The molecule has 2 nitrogen and oxygen atoms in total. The van der Waals surface area contributed by atoms with E-state index in [2.05, 4.69) is 31.9 Å². The van der Waals surface area contributed by atoms with Crippen LogP contribution in [0.15, 0.2) is 27.5 Å². The van der Waals surface area contributed by atoms with Gasteiger partial charge in [-0.15, -0.1) is 0 Å². The Morgan fingerprint density at radius 1 is 1.27 bits per heavy atom. The van der Waals surface area contributed by atoms with E-state index < -0.39 is 6.29 Å². The van der Waals surface area contributed by atoms with Gasteiger partial charge in [-0.25, -0.2) is 4.39 Å². The van der Waals surface area contributed by atoms with E-state index in [4.69, 9.17) is 9.47 Å². The van der Waals surface area contributed by atoms with Crippen LogP contribution >= 0.6 is 31.9 Å². The van der Waals surface area contributed by atoms with Gasteiger partial charge in [-0.2, -0.15) is 0 Å². The molecule has 0 atom stereocenters. The minimum Gasteiger partial charge on any atom is -0.455 e. The molecule has 0 saturated carbocycles. The quantitative estimate of drug-likeness (QED) is 0.765. The summed E-state index contributed by atoms with van der Waals surface area (Å²) in [6, 6.07) is 1.40. The molecule has 0 amide bonds. The summed E-state index contributed by atoms with van der Waals surface area (Å²) in [5, 5.41) is 0. The van der Waals surface area contributed by atoms with Crippen LogP contribution in [0.25, 0.3) is 0 Å². The van der Waals surface area contributed by atoms with Crippen LogP contribution in [-0.2, 0) is 9.47 Å². The van der Waals surface area contributed by atoms with E-state index in [1.54, 1.807) is 6.92 Å². The summed E-state index contributed by atoms with van der Waals surface area (Å²) in [7, 11) is 0. The number of hydrogen-bond donors (Lipinski definition) is 0. The fourth-order valence-corrected chi connectivity index (χ4v) is 2.74. The van der Waals surface area contributed by atoms with Gasteiger partial charge in [0.2, 0.25) is 0 Å². The summed E-state index contributed by atoms with van der Waals surface area (Å²) in [4.78, 5) is 0. The molecule has 1 aliphatic heterocycles. The van der Waals surface area contributed by atoms with Gasteiger partial charge in [0.15, 0.2) is 0 Å². The van der Waals surface area contributed by atoms with Crippen molar-refractivity contribution >= 4 is 31.9 Å². The topological polar surface area (TPSA) is 18.5 Å². The predicted octanol–water partition coefficient (Wildman–Crippen LogP) is 4.18. The predicted molar refractivity (Wildman–Crippen MR) is 60.6 cm³/mol. The van der Waals surface area contributed by atoms with E-state index in [0.29, 0.717) is 14.5 Å². The molecule has 15 heavy (non-hydrogen) atoms. The lowest BCUT2D eigenvalue weighted by Crippen LogP contribution is -2.03. The minimum atomic E-state index is -0.520. The van der Waals surface area contributed by atoms with Gasteiger partial charge < -0.3 is 9.47 Å². The van der Waals surface area contributed by atoms with Crippen LogP contribution < -0.4 is 0 Å². The number of ether oxygens (including phenoxy) is 2. The molecular formula is C10H7Br2FO2. The van der Waals surface area contributed by atoms with Crippen molar-refractivity contribution in [2.75, 3.05) is 0 Å². The van der Waals surface area contributed by atoms with E-state index in [9.17, 15) is 4.39 Å². The molecule has 0 unspecified atom stereocenters. The van der Waals surface area contributed by atoms with Crippen LogP contribution in [0.3, 0.4) is 0 Å². The van der Waals surface area contributed by atoms with E-state index in [1.807, 2.05) is 0 Å². The fourth-order valence-electron chi connectivity index (χ4n) is 1.30. The normalized spacial score (nSPS) is 15.2. The highest BCUT2D eigenvalue weighted by Gasteiger charge is 2.24. The number of halogens is 3. The highest BCUT2D eigenvalue weighted by Crippen LogP contribution is 2.38. The highest BCUT2D eigenvalue weighted by molar-refractivity contribution is 9.11. The summed E-state index contributed by atoms with van der Waals surface area (Å²) in [6.45, 7) is 1.69. The van der Waals surface area contributed by atoms with Crippen molar-refractivity contribution in [2.24, 2.45) is 0 Å². The monoisotopic (exact) mass is 336 g/mol. The molecule has 1 aromatic rings. The first-order valence-electron chi connectivity index (χ1n) is 4.21. The smallest absolute Gasteiger partial charge is 0.268 e. The Kier molecular flexibility index (Phi) is 3.02. The van der Waals surface area contributed by atoms with Crippen LogP contribution in [-0.4, -0.2) is 0 Å². The molecule has 0 spiro atoms. The zero-order valence-corrected chi connectivity index (χ0v) is 10.9. The molecule has 1 heterocycles. The molecule has 0 aliphatic carbocycles. The van der Waals surface area contributed by atoms with Crippen LogP contribution in [0.5, 0.6) is 0 Å². The molecule has 0 saturated heterocycles. The molecule has 0 bridgehead atoms. The fraction of sp³-hybridized carbons (Fsp3) is 0.200. The van der Waals surface area contributed by atoms with Crippen molar-refractivity contribution in [3.8, 4) is 0 Å². The SMILES string of the molecule is Cc1c(F)cc(Br)c(C2OC=CO2)c1Br. The maximum absolute atomic E-state index is 13.4. The van der Waals surface area contributed by atoms with Crippen LogP contribution in [0.2, 0.25) is 0 Å². The average molecular weight is 338 g/mol. The number of hydrogen-bond acceptors (Lipinski definition) is 2. The van der Waals surface area contributed by atoms with Crippen LogP contribution in [0, 0.1) is 12.7 Å². The van der Waals surface area contributed by atoms with Crippen molar-refractivity contribution in [3.05, 3.63) is 44.5 Å². The van der Waals surface area contributed by atoms with Crippen LogP contribution in [0.4, 0.5) is 4.39 Å². The molecule has 0 radical (unpaired) electrons. The Hall–Kier alpha value is -0.550. The third-order valence-electron chi connectivity index (χ3n) is 2.13. The molecule has 0 N–H and O–H groups in total. The molecular weight excluding hydrogens is 331 g/mol. The van der Waals surface area contributed by atoms with E-state index in [-0.39, 0.29) is 5.82 Å². The zero-order valence-electron chi connectivity index (χ0n) is 7.76. The lowest BCUT2D eigenvalue weighted by Gasteiger charge is -2.16. The number of rotatable bonds is 1. The minimum absolute atomic E-state index is 0.275. The van der Waals surface area contributed by atoms with Crippen molar-refractivity contribution in [3.63, 3.8) is 0 Å². The highest BCUT2D eigenvalue weighted by atomic mass is 79.9. The Balaban J connectivity index is 2.50. The second kappa shape index (κ2) is 4.14. The summed E-state index contributed by atoms with van der Waals surface area (Å²) in [6.07, 6.45) is 2.40. The van der Waals surface area contributed by atoms with Gasteiger partial charge in [-0.1, -0.05) is 15.9 Å². The van der Waals surface area contributed by atoms with Crippen molar-refractivity contribution in [1.82, 2.24) is 0 Å². The Morgan fingerprint density at radius 2 is 1.87 bits per heavy atom. The van der Waals surface area contributed by atoms with Crippen molar-refractivity contribution < 1.29 is 13.9 Å². The second-order valence-electron chi connectivity index (χ2n) is 3.07. The van der Waals surface area contributed by atoms with Gasteiger partial charge in [0, 0.05) is 8.95 Å². The Morgan fingerprint density at radius 3 is 2.47 bits per heavy atom. The third-order valence-corrected chi connectivity index (χ3v) is 3.81. The molecule has 0 aromatic heterocycles. The van der Waals surface area contributed by atoms with Gasteiger partial charge in [0.25, 0.3) is 6.29 Å². The zero-order chi connectivity index (χ0) is 11.0. The first kappa shape index (κ1) is 11.0. The molecule has 2 rings (SSSR count). The molecule has 80 valence electrons. The standard InChI is InChI=1S/C10H7Br2FO2/c1-5-7(13)4-6(11)8(9(5)12)10-14-2-3-15-10/h2-4,10H,1H3. The lowest BCUT2D eigenvalue weighted by atomic mass is 10.1. The van der Waals surface area contributed by atoms with Gasteiger partial charge in [-0.05, 0) is 34.5 Å². The summed E-state index contributed by atoms with van der Waals surface area (Å²) in [5.41, 5.74) is 1.28. The average Bonchev–Trinajstić information content (AvgIpc) is 2.68. The van der Waals surface area contributed by atoms with Crippen molar-refractivity contribution in [1.29, 1.82) is 0 Å². The molecule has 0 fully saturated rings. The number of benzene rings is 1. The Labute approximate surface area is 103 Å². The van der Waals surface area contributed by atoms with Gasteiger partial charge in [-0.3, -0.25) is 0 Å². The third kappa shape index (κ3) is 1.90. The molecule has 1 aliphatic rings. The Bertz CT molecular complexity index is 424. The van der Waals surface area contributed by atoms with E-state index in [0.717, 1.165) is 5.56 Å². The first-order valence-corrected chi connectivity index (χ1v) is 5.80. The van der Waals surface area contributed by atoms with Gasteiger partial charge in [0.1, 0.15) is 18.3 Å². The van der Waals surface area contributed by atoms with Gasteiger partial charge in [0.05, 0.1) is 5.56 Å². The summed E-state index contributed by atoms with van der Waals surface area (Å²) in [5.74, 6) is -0.275. The van der Waals surface area contributed by atoms with E-state index in [1.165, 1.54) is 18.6 Å². The maximum Gasteiger partial charge on any atom is 0.268 e. The molecule has 5 heteroatoms. The van der Waals surface area contributed by atoms with Gasteiger partial charge >= 0.3 is 0 Å². The van der Waals surface area contributed by atoms with E-state index >= 15 is 0 Å². The maximum atomic E-state index is 13.4. The molecule has 1 aromatic carbocycles. The summed E-state index contributed by atoms with van der Waals surface area (Å²) >= 11 is 6.62.